The molecule has 0 radical (unpaired) electrons. The maximum atomic E-state index is 5.66. The van der Waals surface area contributed by atoms with Crippen LogP contribution in [0.4, 0.5) is 5.82 Å². The van der Waals surface area contributed by atoms with Crippen molar-refractivity contribution >= 4 is 5.82 Å². The van der Waals surface area contributed by atoms with Gasteiger partial charge in [0.2, 0.25) is 0 Å². The molecular weight excluding hydrogens is 176 g/mol. The van der Waals surface area contributed by atoms with Crippen molar-refractivity contribution in [2.45, 2.75) is 25.9 Å². The van der Waals surface area contributed by atoms with Crippen LogP contribution in [-0.4, -0.2) is 25.2 Å². The van der Waals surface area contributed by atoms with Crippen molar-refractivity contribution in [1.29, 1.82) is 0 Å². The number of aromatic nitrogens is 1. The molecule has 0 N–H and O–H groups in total. The molecule has 1 aromatic heterocycles. The first-order valence-corrected chi connectivity index (χ1v) is 4.97. The van der Waals surface area contributed by atoms with Gasteiger partial charge in [0.1, 0.15) is 11.6 Å². The van der Waals surface area contributed by atoms with E-state index in [0.29, 0.717) is 6.10 Å². The molecule has 1 aliphatic carbocycles. The van der Waals surface area contributed by atoms with Crippen molar-refractivity contribution in [3.05, 3.63) is 17.8 Å². The summed E-state index contributed by atoms with van der Waals surface area (Å²) in [6.45, 7) is 2.06. The number of hydrogen-bond acceptors (Lipinski definition) is 3. The van der Waals surface area contributed by atoms with E-state index in [-0.39, 0.29) is 0 Å². The van der Waals surface area contributed by atoms with E-state index < -0.39 is 0 Å². The fraction of sp³-hybridized carbons (Fsp3) is 0.545. The molecule has 0 saturated heterocycles. The van der Waals surface area contributed by atoms with Crippen LogP contribution in [0, 0.1) is 6.92 Å². The second-order valence-corrected chi connectivity index (χ2v) is 4.02. The lowest BCUT2D eigenvalue weighted by atomic mass is 10.2. The van der Waals surface area contributed by atoms with E-state index in [0.717, 1.165) is 17.1 Å². The molecule has 1 fully saturated rings. The highest BCUT2D eigenvalue weighted by Gasteiger charge is 2.23. The summed E-state index contributed by atoms with van der Waals surface area (Å²) >= 11 is 0. The Bertz CT molecular complexity index is 332. The van der Waals surface area contributed by atoms with Crippen molar-refractivity contribution in [1.82, 2.24) is 4.98 Å². The predicted molar refractivity (Wildman–Crippen MR) is 57.0 cm³/mol. The second-order valence-electron chi connectivity index (χ2n) is 4.02. The van der Waals surface area contributed by atoms with Gasteiger partial charge in [-0.25, -0.2) is 4.98 Å². The smallest absolute Gasteiger partial charge is 0.138 e. The molecule has 0 bridgehead atoms. The van der Waals surface area contributed by atoms with Crippen LogP contribution in [0.25, 0.3) is 0 Å². The first-order valence-electron chi connectivity index (χ1n) is 4.97. The molecule has 0 aliphatic heterocycles. The lowest BCUT2D eigenvalue weighted by Gasteiger charge is -2.14. The van der Waals surface area contributed by atoms with Gasteiger partial charge in [0.15, 0.2) is 0 Å². The molecule has 3 heteroatoms. The molecule has 0 aromatic carbocycles. The fourth-order valence-corrected chi connectivity index (χ4v) is 1.45. The van der Waals surface area contributed by atoms with Crippen LogP contribution < -0.4 is 9.64 Å². The van der Waals surface area contributed by atoms with E-state index in [9.17, 15) is 0 Å². The Morgan fingerprint density at radius 3 is 2.64 bits per heavy atom. The van der Waals surface area contributed by atoms with Crippen LogP contribution in [-0.2, 0) is 0 Å². The van der Waals surface area contributed by atoms with Crippen molar-refractivity contribution in [3.63, 3.8) is 0 Å². The van der Waals surface area contributed by atoms with Gasteiger partial charge >= 0.3 is 0 Å². The van der Waals surface area contributed by atoms with Gasteiger partial charge < -0.3 is 9.64 Å². The standard InChI is InChI=1S/C11H16N2O/c1-8-6-10(14-9-4-5-9)7-12-11(8)13(2)3/h6-7,9H,4-5H2,1-3H3. The zero-order valence-corrected chi connectivity index (χ0v) is 8.95. The Balaban J connectivity index is 2.16. The molecule has 0 amide bonds. The van der Waals surface area contributed by atoms with E-state index in [1.807, 2.05) is 19.0 Å². The van der Waals surface area contributed by atoms with E-state index in [1.54, 1.807) is 6.20 Å². The van der Waals surface area contributed by atoms with E-state index in [4.69, 9.17) is 4.74 Å². The van der Waals surface area contributed by atoms with Gasteiger partial charge in [-0.15, -0.1) is 0 Å². The number of pyridine rings is 1. The number of hydrogen-bond donors (Lipinski definition) is 0. The van der Waals surface area contributed by atoms with Gasteiger partial charge in [0.25, 0.3) is 0 Å². The topological polar surface area (TPSA) is 25.4 Å². The monoisotopic (exact) mass is 192 g/mol. The zero-order chi connectivity index (χ0) is 10.1. The minimum atomic E-state index is 0.446. The third kappa shape index (κ3) is 1.97. The summed E-state index contributed by atoms with van der Waals surface area (Å²) in [6, 6.07) is 2.06. The summed E-state index contributed by atoms with van der Waals surface area (Å²) in [4.78, 5) is 6.37. The number of rotatable bonds is 3. The van der Waals surface area contributed by atoms with Crippen LogP contribution in [0.3, 0.4) is 0 Å². The third-order valence-corrected chi connectivity index (χ3v) is 2.28. The maximum absolute atomic E-state index is 5.66. The Labute approximate surface area is 84.7 Å². The molecule has 1 saturated carbocycles. The normalized spacial score (nSPS) is 15.4. The Hall–Kier alpha value is -1.25. The molecule has 2 rings (SSSR count). The molecule has 14 heavy (non-hydrogen) atoms. The van der Waals surface area contributed by atoms with Crippen molar-refractivity contribution in [3.8, 4) is 5.75 Å². The highest BCUT2D eigenvalue weighted by molar-refractivity contribution is 5.47. The fourth-order valence-electron chi connectivity index (χ4n) is 1.45. The van der Waals surface area contributed by atoms with Crippen LogP contribution in [0.15, 0.2) is 12.3 Å². The molecular formula is C11H16N2O. The lowest BCUT2D eigenvalue weighted by molar-refractivity contribution is 0.302. The largest absolute Gasteiger partial charge is 0.489 e. The highest BCUT2D eigenvalue weighted by Crippen LogP contribution is 2.28. The summed E-state index contributed by atoms with van der Waals surface area (Å²) < 4.78 is 5.66. The van der Waals surface area contributed by atoms with Crippen LogP contribution in [0.5, 0.6) is 5.75 Å². The van der Waals surface area contributed by atoms with Crippen LogP contribution >= 0.6 is 0 Å². The minimum absolute atomic E-state index is 0.446. The SMILES string of the molecule is Cc1cc(OC2CC2)cnc1N(C)C. The van der Waals surface area contributed by atoms with E-state index in [1.165, 1.54) is 12.8 Å². The Morgan fingerprint density at radius 2 is 2.14 bits per heavy atom. The second kappa shape index (κ2) is 3.48. The Morgan fingerprint density at radius 1 is 1.43 bits per heavy atom. The summed E-state index contributed by atoms with van der Waals surface area (Å²) in [7, 11) is 3.99. The zero-order valence-electron chi connectivity index (χ0n) is 8.95. The molecule has 1 aliphatic rings. The summed E-state index contributed by atoms with van der Waals surface area (Å²) in [5.41, 5.74) is 1.16. The maximum Gasteiger partial charge on any atom is 0.138 e. The molecule has 0 atom stereocenters. The summed E-state index contributed by atoms with van der Waals surface area (Å²) in [5.74, 6) is 1.91. The van der Waals surface area contributed by atoms with Gasteiger partial charge in [0, 0.05) is 14.1 Å². The van der Waals surface area contributed by atoms with Crippen molar-refractivity contribution in [2.24, 2.45) is 0 Å². The van der Waals surface area contributed by atoms with Gasteiger partial charge in [-0.05, 0) is 31.4 Å². The van der Waals surface area contributed by atoms with E-state index in [2.05, 4.69) is 18.0 Å². The number of aryl methyl sites for hydroxylation is 1. The highest BCUT2D eigenvalue weighted by atomic mass is 16.5. The number of anilines is 1. The molecule has 0 spiro atoms. The van der Waals surface area contributed by atoms with Crippen molar-refractivity contribution < 1.29 is 4.74 Å². The van der Waals surface area contributed by atoms with Gasteiger partial charge in [-0.1, -0.05) is 0 Å². The minimum Gasteiger partial charge on any atom is -0.489 e. The average molecular weight is 192 g/mol. The first-order chi connectivity index (χ1) is 6.66. The third-order valence-electron chi connectivity index (χ3n) is 2.28. The molecule has 3 nitrogen and oxygen atoms in total. The summed E-state index contributed by atoms with van der Waals surface area (Å²) in [5, 5.41) is 0. The van der Waals surface area contributed by atoms with Gasteiger partial charge in [-0.2, -0.15) is 0 Å². The number of nitrogens with zero attached hydrogens (tertiary/aromatic N) is 2. The quantitative estimate of drug-likeness (QED) is 0.732. The molecule has 1 heterocycles. The molecule has 76 valence electrons. The lowest BCUT2D eigenvalue weighted by Crippen LogP contribution is -2.12. The summed E-state index contributed by atoms with van der Waals surface area (Å²) in [6.07, 6.45) is 4.63. The predicted octanol–water partition coefficient (Wildman–Crippen LogP) is 2.00. The Kier molecular flexibility index (Phi) is 2.32. The van der Waals surface area contributed by atoms with Gasteiger partial charge in [0.05, 0.1) is 12.3 Å². The average Bonchev–Trinajstić information content (AvgIpc) is 2.87. The van der Waals surface area contributed by atoms with Crippen LogP contribution in [0.2, 0.25) is 0 Å². The van der Waals surface area contributed by atoms with E-state index >= 15 is 0 Å². The van der Waals surface area contributed by atoms with Crippen LogP contribution in [0.1, 0.15) is 18.4 Å². The van der Waals surface area contributed by atoms with Crippen molar-refractivity contribution in [2.75, 3.05) is 19.0 Å². The van der Waals surface area contributed by atoms with Gasteiger partial charge in [-0.3, -0.25) is 0 Å². The molecule has 0 unspecified atom stereocenters. The molecule has 1 aromatic rings. The number of ether oxygens (including phenoxy) is 1. The first kappa shape index (κ1) is 9.31.